The van der Waals surface area contributed by atoms with Gasteiger partial charge in [0.05, 0.1) is 4.21 Å². The predicted octanol–water partition coefficient (Wildman–Crippen LogP) is 2.69. The zero-order valence-electron chi connectivity index (χ0n) is 8.46. The Bertz CT molecular complexity index is 637. The van der Waals surface area contributed by atoms with Crippen LogP contribution in [-0.2, 0) is 10.0 Å². The Labute approximate surface area is 107 Å². The summed E-state index contributed by atoms with van der Waals surface area (Å²) in [4.78, 5) is 0.716. The fourth-order valence-electron chi connectivity index (χ4n) is 1.16. The molecule has 1 heterocycles. The van der Waals surface area contributed by atoms with E-state index < -0.39 is 10.0 Å². The first-order chi connectivity index (χ1) is 7.95. The smallest absolute Gasteiger partial charge is 0.224 e. The molecule has 0 amide bonds. The number of rotatable bonds is 3. The van der Waals surface area contributed by atoms with E-state index in [1.165, 1.54) is 30.0 Å². The number of thiophene rings is 1. The Morgan fingerprint density at radius 1 is 1.24 bits per heavy atom. The summed E-state index contributed by atoms with van der Waals surface area (Å²) in [6.45, 7) is 0. The number of sulfonamides is 1. The molecule has 0 saturated heterocycles. The van der Waals surface area contributed by atoms with E-state index >= 15 is 0 Å². The number of benzene rings is 1. The summed E-state index contributed by atoms with van der Waals surface area (Å²) in [7, 11) is -3.65. The van der Waals surface area contributed by atoms with Crippen molar-refractivity contribution in [3.05, 3.63) is 42.2 Å². The molecule has 17 heavy (non-hydrogen) atoms. The zero-order chi connectivity index (χ0) is 12.5. The molecule has 0 unspecified atom stereocenters. The molecule has 0 aliphatic rings. The molecule has 3 nitrogen and oxygen atoms in total. The maximum Gasteiger partial charge on any atom is 0.247 e. The zero-order valence-corrected chi connectivity index (χ0v) is 10.9. The first kappa shape index (κ1) is 12.6. The highest BCUT2D eigenvalue weighted by Crippen LogP contribution is 2.34. The second-order valence-corrected chi connectivity index (χ2v) is 7.42. The average Bonchev–Trinajstić information content (AvgIpc) is 2.65. The van der Waals surface area contributed by atoms with Gasteiger partial charge in [0.2, 0.25) is 10.0 Å². The van der Waals surface area contributed by atoms with Crippen LogP contribution in [0.5, 0.6) is 0 Å². The van der Waals surface area contributed by atoms with Gasteiger partial charge in [0, 0.05) is 4.90 Å². The van der Waals surface area contributed by atoms with Gasteiger partial charge in [-0.25, -0.2) is 17.9 Å². The fourth-order valence-corrected chi connectivity index (χ4v) is 4.19. The van der Waals surface area contributed by atoms with Crippen LogP contribution in [0.1, 0.15) is 0 Å². The fraction of sp³-hybridized carbons (Fsp3) is 0. The van der Waals surface area contributed by atoms with E-state index in [2.05, 4.69) is 0 Å². The second kappa shape index (κ2) is 4.77. The largest absolute Gasteiger partial charge is 0.247 e. The summed E-state index contributed by atoms with van der Waals surface area (Å²) in [5.74, 6) is -0.321. The average molecular weight is 289 g/mol. The molecule has 1 aromatic heterocycles. The third-order valence-corrected chi connectivity index (χ3v) is 5.50. The number of halogens is 1. The summed E-state index contributed by atoms with van der Waals surface area (Å²) in [5.41, 5.74) is 0. The maximum atomic E-state index is 12.9. The quantitative estimate of drug-likeness (QED) is 0.945. The number of hydrogen-bond donors (Lipinski definition) is 1. The monoisotopic (exact) mass is 289 g/mol. The first-order valence-corrected chi connectivity index (χ1v) is 7.69. The molecular formula is C10H8FNO2S3. The third kappa shape index (κ3) is 3.29. The lowest BCUT2D eigenvalue weighted by atomic mass is 10.4. The standard InChI is InChI=1S/C10H8FNO2S3/c11-7-2-1-3-8(6-7)15-9-4-5-10(16-9)17(12,13)14/h1-6H,(H2,12,13,14). The topological polar surface area (TPSA) is 60.2 Å². The van der Waals surface area contributed by atoms with Gasteiger partial charge in [-0.2, -0.15) is 0 Å². The van der Waals surface area contributed by atoms with Crippen molar-refractivity contribution < 1.29 is 12.8 Å². The molecule has 0 radical (unpaired) electrons. The van der Waals surface area contributed by atoms with E-state index in [-0.39, 0.29) is 10.0 Å². The molecule has 0 fully saturated rings. The van der Waals surface area contributed by atoms with Crippen LogP contribution in [0, 0.1) is 5.82 Å². The molecule has 7 heteroatoms. The van der Waals surface area contributed by atoms with Gasteiger partial charge in [-0.3, -0.25) is 0 Å². The summed E-state index contributed by atoms with van der Waals surface area (Å²) in [5, 5.41) is 5.00. The molecule has 0 atom stereocenters. The highest BCUT2D eigenvalue weighted by Gasteiger charge is 2.11. The second-order valence-electron chi connectivity index (χ2n) is 3.18. The normalized spacial score (nSPS) is 11.6. The lowest BCUT2D eigenvalue weighted by molar-refractivity contribution is 0.600. The molecule has 0 aliphatic heterocycles. The molecule has 2 aromatic rings. The van der Waals surface area contributed by atoms with Crippen molar-refractivity contribution >= 4 is 33.1 Å². The van der Waals surface area contributed by atoms with Crippen molar-refractivity contribution in [3.63, 3.8) is 0 Å². The highest BCUT2D eigenvalue weighted by atomic mass is 32.3. The Morgan fingerprint density at radius 3 is 2.59 bits per heavy atom. The molecule has 1 aromatic carbocycles. The summed E-state index contributed by atoms with van der Waals surface area (Å²) in [6.07, 6.45) is 0. The summed E-state index contributed by atoms with van der Waals surface area (Å²) < 4.78 is 35.9. The van der Waals surface area contributed by atoms with Gasteiger partial charge in [-0.1, -0.05) is 17.8 Å². The van der Waals surface area contributed by atoms with E-state index in [0.717, 1.165) is 15.5 Å². The van der Waals surface area contributed by atoms with E-state index in [1.807, 2.05) is 0 Å². The number of nitrogens with two attached hydrogens (primary N) is 1. The molecular weight excluding hydrogens is 281 g/mol. The predicted molar refractivity (Wildman–Crippen MR) is 66.2 cm³/mol. The van der Waals surface area contributed by atoms with Crippen LogP contribution in [0.15, 0.2) is 49.7 Å². The summed E-state index contributed by atoms with van der Waals surface area (Å²) in [6, 6.07) is 9.20. The van der Waals surface area contributed by atoms with Crippen molar-refractivity contribution in [1.82, 2.24) is 0 Å². The van der Waals surface area contributed by atoms with Crippen LogP contribution < -0.4 is 5.14 Å². The van der Waals surface area contributed by atoms with Crippen LogP contribution in [0.2, 0.25) is 0 Å². The van der Waals surface area contributed by atoms with Crippen LogP contribution in [-0.4, -0.2) is 8.42 Å². The maximum absolute atomic E-state index is 12.9. The highest BCUT2D eigenvalue weighted by molar-refractivity contribution is 8.01. The lowest BCUT2D eigenvalue weighted by Gasteiger charge is -1.97. The van der Waals surface area contributed by atoms with E-state index in [0.29, 0.717) is 4.90 Å². The number of hydrogen-bond acceptors (Lipinski definition) is 4. The van der Waals surface area contributed by atoms with Gasteiger partial charge < -0.3 is 0 Å². The van der Waals surface area contributed by atoms with Crippen molar-refractivity contribution in [2.75, 3.05) is 0 Å². The third-order valence-electron chi connectivity index (χ3n) is 1.85. The SMILES string of the molecule is NS(=O)(=O)c1ccc(Sc2cccc(F)c2)s1. The summed E-state index contributed by atoms with van der Waals surface area (Å²) >= 11 is 2.37. The lowest BCUT2D eigenvalue weighted by Crippen LogP contribution is -2.09. The number of primary sulfonamides is 1. The molecule has 0 saturated carbocycles. The van der Waals surface area contributed by atoms with Crippen molar-refractivity contribution in [3.8, 4) is 0 Å². The van der Waals surface area contributed by atoms with E-state index in [1.54, 1.807) is 18.2 Å². The Balaban J connectivity index is 2.23. The van der Waals surface area contributed by atoms with E-state index in [9.17, 15) is 12.8 Å². The van der Waals surface area contributed by atoms with Crippen LogP contribution in [0.4, 0.5) is 4.39 Å². The molecule has 0 aliphatic carbocycles. The van der Waals surface area contributed by atoms with Crippen LogP contribution >= 0.6 is 23.1 Å². The Kier molecular flexibility index (Phi) is 3.53. The van der Waals surface area contributed by atoms with Gasteiger partial charge in [-0.05, 0) is 30.3 Å². The molecule has 0 bridgehead atoms. The molecule has 90 valence electrons. The van der Waals surface area contributed by atoms with Gasteiger partial charge in [0.1, 0.15) is 10.0 Å². The minimum atomic E-state index is -3.65. The minimum Gasteiger partial charge on any atom is -0.224 e. The molecule has 2 N–H and O–H groups in total. The Morgan fingerprint density at radius 2 is 2.00 bits per heavy atom. The van der Waals surface area contributed by atoms with Crippen LogP contribution in [0.25, 0.3) is 0 Å². The van der Waals surface area contributed by atoms with Crippen molar-refractivity contribution in [2.24, 2.45) is 5.14 Å². The van der Waals surface area contributed by atoms with Gasteiger partial charge >= 0.3 is 0 Å². The molecule has 0 spiro atoms. The van der Waals surface area contributed by atoms with Gasteiger partial charge in [0.25, 0.3) is 0 Å². The van der Waals surface area contributed by atoms with Gasteiger partial charge in [-0.15, -0.1) is 11.3 Å². The van der Waals surface area contributed by atoms with Crippen molar-refractivity contribution in [1.29, 1.82) is 0 Å². The minimum absolute atomic E-state index is 0.108. The van der Waals surface area contributed by atoms with Crippen molar-refractivity contribution in [2.45, 2.75) is 13.3 Å². The van der Waals surface area contributed by atoms with E-state index in [4.69, 9.17) is 5.14 Å². The Hall–Kier alpha value is -0.890. The van der Waals surface area contributed by atoms with Crippen LogP contribution in [0.3, 0.4) is 0 Å². The molecule has 2 rings (SSSR count). The first-order valence-electron chi connectivity index (χ1n) is 4.51. The van der Waals surface area contributed by atoms with Gasteiger partial charge in [0.15, 0.2) is 0 Å².